The molecule has 32 heavy (non-hydrogen) atoms. The van der Waals surface area contributed by atoms with Crippen molar-refractivity contribution in [3.63, 3.8) is 0 Å². The highest BCUT2D eigenvalue weighted by Gasteiger charge is 2.35. The van der Waals surface area contributed by atoms with Gasteiger partial charge in [-0.15, -0.1) is 5.10 Å². The number of carbonyl (C=O) groups is 1. The van der Waals surface area contributed by atoms with Gasteiger partial charge in [-0.05, 0) is 25.0 Å². The summed E-state index contributed by atoms with van der Waals surface area (Å²) in [5, 5.41) is 7.53. The molecule has 9 nitrogen and oxygen atoms in total. The lowest BCUT2D eigenvalue weighted by Crippen LogP contribution is -2.31. The predicted molar refractivity (Wildman–Crippen MR) is 119 cm³/mol. The highest BCUT2D eigenvalue weighted by atomic mass is 16.5. The Morgan fingerprint density at radius 3 is 2.50 bits per heavy atom. The van der Waals surface area contributed by atoms with Crippen LogP contribution in [0.1, 0.15) is 34.8 Å². The quantitative estimate of drug-likeness (QED) is 0.628. The molecule has 1 aliphatic heterocycles. The van der Waals surface area contributed by atoms with E-state index in [2.05, 4.69) is 15.2 Å². The second-order valence-electron chi connectivity index (χ2n) is 7.38. The summed E-state index contributed by atoms with van der Waals surface area (Å²) in [6.07, 6.45) is 3.20. The second-order valence-corrected chi connectivity index (χ2v) is 7.38. The lowest BCUT2D eigenvalue weighted by atomic mass is 10.0. The number of hydrogen-bond acceptors (Lipinski definition) is 8. The minimum Gasteiger partial charge on any atom is -0.496 e. The first-order valence-electron chi connectivity index (χ1n) is 10.2. The van der Waals surface area contributed by atoms with E-state index in [4.69, 9.17) is 19.9 Å². The van der Waals surface area contributed by atoms with Gasteiger partial charge in [-0.3, -0.25) is 4.79 Å². The van der Waals surface area contributed by atoms with Crippen molar-refractivity contribution >= 4 is 11.9 Å². The lowest BCUT2D eigenvalue weighted by molar-refractivity contribution is 0.0732. The molecule has 0 spiro atoms. The van der Waals surface area contributed by atoms with Crippen LogP contribution >= 0.6 is 0 Å². The first kappa shape index (κ1) is 21.4. The Hall–Kier alpha value is -3.88. The van der Waals surface area contributed by atoms with Gasteiger partial charge in [-0.25, -0.2) is 4.98 Å². The Morgan fingerprint density at radius 1 is 1.09 bits per heavy atom. The fraction of sp³-hybridized carbons (Fsp3) is 0.304. The van der Waals surface area contributed by atoms with Gasteiger partial charge >= 0.3 is 0 Å². The van der Waals surface area contributed by atoms with Gasteiger partial charge in [0, 0.05) is 29.8 Å². The third kappa shape index (κ3) is 4.01. The fourth-order valence-corrected chi connectivity index (χ4v) is 4.10. The van der Waals surface area contributed by atoms with E-state index >= 15 is 0 Å². The van der Waals surface area contributed by atoms with Crippen molar-refractivity contribution in [2.75, 3.05) is 33.6 Å². The van der Waals surface area contributed by atoms with Gasteiger partial charge in [0.15, 0.2) is 0 Å². The van der Waals surface area contributed by atoms with Gasteiger partial charge < -0.3 is 24.8 Å². The molecule has 9 heteroatoms. The van der Waals surface area contributed by atoms with Crippen LogP contribution in [0.2, 0.25) is 0 Å². The van der Waals surface area contributed by atoms with Gasteiger partial charge in [0.25, 0.3) is 5.91 Å². The normalized spacial score (nSPS) is 15.5. The SMILES string of the molecule is COc1cc(OC)c(C2CCCN2C(=O)c2cccc(-c3cnnc(N)n3)c2)c(OC)c1. The summed E-state index contributed by atoms with van der Waals surface area (Å²) >= 11 is 0. The van der Waals surface area contributed by atoms with Crippen molar-refractivity contribution < 1.29 is 19.0 Å². The summed E-state index contributed by atoms with van der Waals surface area (Å²) in [4.78, 5) is 19.6. The van der Waals surface area contributed by atoms with Crippen molar-refractivity contribution in [2.45, 2.75) is 18.9 Å². The summed E-state index contributed by atoms with van der Waals surface area (Å²) in [6.45, 7) is 0.633. The summed E-state index contributed by atoms with van der Waals surface area (Å²) in [5.41, 5.74) is 8.35. The number of methoxy groups -OCH3 is 3. The Balaban J connectivity index is 1.69. The first-order chi connectivity index (χ1) is 15.5. The van der Waals surface area contributed by atoms with Crippen molar-refractivity contribution in [3.05, 3.63) is 53.7 Å². The number of hydrogen-bond donors (Lipinski definition) is 1. The van der Waals surface area contributed by atoms with Gasteiger partial charge in [0.05, 0.1) is 44.8 Å². The van der Waals surface area contributed by atoms with Gasteiger partial charge in [0.1, 0.15) is 17.2 Å². The van der Waals surface area contributed by atoms with Crippen molar-refractivity contribution in [1.82, 2.24) is 20.1 Å². The molecule has 3 aromatic rings. The van der Waals surface area contributed by atoms with Gasteiger partial charge in [-0.2, -0.15) is 5.10 Å². The van der Waals surface area contributed by atoms with E-state index in [0.29, 0.717) is 35.1 Å². The third-order valence-electron chi connectivity index (χ3n) is 5.58. The van der Waals surface area contributed by atoms with E-state index < -0.39 is 0 Å². The summed E-state index contributed by atoms with van der Waals surface area (Å²) in [5.74, 6) is 1.88. The van der Waals surface area contributed by atoms with Crippen LogP contribution < -0.4 is 19.9 Å². The predicted octanol–water partition coefficient (Wildman–Crippen LogP) is 3.12. The molecule has 2 heterocycles. The number of likely N-dealkylation sites (tertiary alicyclic amines) is 1. The van der Waals surface area contributed by atoms with Crippen molar-refractivity contribution in [2.24, 2.45) is 0 Å². The van der Waals surface area contributed by atoms with Crippen LogP contribution in [0.5, 0.6) is 17.2 Å². The summed E-state index contributed by atoms with van der Waals surface area (Å²) < 4.78 is 16.6. The molecule has 1 atom stereocenters. The number of amides is 1. The van der Waals surface area contributed by atoms with E-state index in [0.717, 1.165) is 24.0 Å². The zero-order chi connectivity index (χ0) is 22.7. The number of aromatic nitrogens is 3. The topological polar surface area (TPSA) is 113 Å². The van der Waals surface area contributed by atoms with E-state index in [1.54, 1.807) is 33.5 Å². The average molecular weight is 435 g/mol. The Morgan fingerprint density at radius 2 is 1.84 bits per heavy atom. The fourth-order valence-electron chi connectivity index (χ4n) is 4.10. The third-order valence-corrected chi connectivity index (χ3v) is 5.58. The molecular weight excluding hydrogens is 410 g/mol. The number of nitrogens with two attached hydrogens (primary N) is 1. The first-order valence-corrected chi connectivity index (χ1v) is 10.2. The maximum atomic E-state index is 13.6. The molecule has 2 N–H and O–H groups in total. The monoisotopic (exact) mass is 435 g/mol. The zero-order valence-electron chi connectivity index (χ0n) is 18.2. The molecule has 0 saturated carbocycles. The molecule has 1 aromatic heterocycles. The molecule has 1 fully saturated rings. The van der Waals surface area contributed by atoms with Crippen LogP contribution in [0, 0.1) is 0 Å². The van der Waals surface area contributed by atoms with E-state index in [1.807, 2.05) is 29.2 Å². The second kappa shape index (κ2) is 9.09. The molecule has 0 aliphatic carbocycles. The van der Waals surface area contributed by atoms with E-state index in [1.165, 1.54) is 6.20 Å². The highest BCUT2D eigenvalue weighted by molar-refractivity contribution is 5.96. The summed E-state index contributed by atoms with van der Waals surface area (Å²) in [6, 6.07) is 10.7. The van der Waals surface area contributed by atoms with Crippen LogP contribution in [-0.2, 0) is 0 Å². The Labute approximate surface area is 186 Å². The molecule has 1 amide bonds. The van der Waals surface area contributed by atoms with Crippen LogP contribution in [0.4, 0.5) is 5.95 Å². The summed E-state index contributed by atoms with van der Waals surface area (Å²) in [7, 11) is 4.79. The number of benzene rings is 2. The number of carbonyl (C=O) groups excluding carboxylic acids is 1. The minimum absolute atomic E-state index is 0.0794. The van der Waals surface area contributed by atoms with Crippen LogP contribution in [0.3, 0.4) is 0 Å². The van der Waals surface area contributed by atoms with Gasteiger partial charge in [0.2, 0.25) is 5.95 Å². The molecule has 4 rings (SSSR count). The van der Waals surface area contributed by atoms with Crippen LogP contribution in [0.25, 0.3) is 11.3 Å². The van der Waals surface area contributed by atoms with Gasteiger partial charge in [-0.1, -0.05) is 12.1 Å². The average Bonchev–Trinajstić information content (AvgIpc) is 3.32. The highest BCUT2D eigenvalue weighted by Crippen LogP contribution is 2.45. The number of ether oxygens (including phenoxy) is 3. The Bertz CT molecular complexity index is 1110. The van der Waals surface area contributed by atoms with E-state index in [-0.39, 0.29) is 17.9 Å². The van der Waals surface area contributed by atoms with Crippen molar-refractivity contribution in [3.8, 4) is 28.5 Å². The number of anilines is 1. The number of rotatable bonds is 6. The Kier molecular flexibility index (Phi) is 6.07. The zero-order valence-corrected chi connectivity index (χ0v) is 18.2. The van der Waals surface area contributed by atoms with Crippen molar-refractivity contribution in [1.29, 1.82) is 0 Å². The number of nitrogens with zero attached hydrogens (tertiary/aromatic N) is 4. The molecule has 0 bridgehead atoms. The molecule has 1 saturated heterocycles. The standard InChI is InChI=1S/C23H25N5O4/c1-30-16-11-19(31-2)21(20(12-16)32-3)18-8-5-9-28(18)22(29)15-7-4-6-14(10-15)17-13-25-27-23(24)26-17/h4,6-7,10-13,18H,5,8-9H2,1-3H3,(H2,24,26,27). The van der Waals surface area contributed by atoms with Crippen LogP contribution in [0.15, 0.2) is 42.6 Å². The number of nitrogen functional groups attached to an aromatic ring is 1. The maximum Gasteiger partial charge on any atom is 0.254 e. The largest absolute Gasteiger partial charge is 0.496 e. The molecule has 0 radical (unpaired) electrons. The molecule has 166 valence electrons. The maximum absolute atomic E-state index is 13.6. The van der Waals surface area contributed by atoms with E-state index in [9.17, 15) is 4.79 Å². The smallest absolute Gasteiger partial charge is 0.254 e. The molecular formula is C23H25N5O4. The minimum atomic E-state index is -0.182. The molecule has 1 unspecified atom stereocenters. The lowest BCUT2D eigenvalue weighted by Gasteiger charge is -2.28. The molecule has 1 aliphatic rings. The van der Waals surface area contributed by atoms with Crippen LogP contribution in [-0.4, -0.2) is 53.9 Å². The molecule has 2 aromatic carbocycles.